The first-order valence-corrected chi connectivity index (χ1v) is 10.8. The van der Waals surface area contributed by atoms with Crippen molar-refractivity contribution in [2.24, 2.45) is 5.92 Å². The van der Waals surface area contributed by atoms with Gasteiger partial charge in [0.05, 0.1) is 6.33 Å². The highest BCUT2D eigenvalue weighted by Crippen LogP contribution is 2.32. The highest BCUT2D eigenvalue weighted by atomic mass is 16.2. The normalized spacial score (nSPS) is 23.0. The number of piperidine rings is 2. The molecule has 0 spiro atoms. The predicted molar refractivity (Wildman–Crippen MR) is 111 cm³/mol. The monoisotopic (exact) mass is 380 g/mol. The molecule has 5 nitrogen and oxygen atoms in total. The van der Waals surface area contributed by atoms with E-state index in [4.69, 9.17) is 0 Å². The molecule has 0 radical (unpaired) electrons. The number of aryl methyl sites for hydroxylation is 2. The van der Waals surface area contributed by atoms with E-state index in [1.807, 2.05) is 18.7 Å². The maximum Gasteiger partial charge on any atom is 0.222 e. The summed E-state index contributed by atoms with van der Waals surface area (Å²) in [5.74, 6) is 0.977. The summed E-state index contributed by atoms with van der Waals surface area (Å²) in [6.07, 6.45) is 10.6. The SMILES string of the molecule is CCc1ccc(CN2CC[C@H]3[C@H](CCC(=O)N3CCCn3ccnc3)C2)cc1. The molecule has 1 amide bonds. The lowest BCUT2D eigenvalue weighted by atomic mass is 9.83. The van der Waals surface area contributed by atoms with Crippen LogP contribution < -0.4 is 0 Å². The number of rotatable bonds is 7. The molecule has 1 aromatic heterocycles. The van der Waals surface area contributed by atoms with Crippen LogP contribution in [0.1, 0.15) is 43.7 Å². The number of fused-ring (bicyclic) bond motifs is 1. The predicted octanol–water partition coefficient (Wildman–Crippen LogP) is 3.35. The van der Waals surface area contributed by atoms with Crippen molar-refractivity contribution in [2.75, 3.05) is 19.6 Å². The van der Waals surface area contributed by atoms with Gasteiger partial charge in [-0.2, -0.15) is 0 Å². The zero-order valence-electron chi connectivity index (χ0n) is 17.0. The van der Waals surface area contributed by atoms with Crippen molar-refractivity contribution >= 4 is 5.91 Å². The minimum atomic E-state index is 0.357. The summed E-state index contributed by atoms with van der Waals surface area (Å²) in [6.45, 7) is 7.23. The molecule has 2 aromatic rings. The van der Waals surface area contributed by atoms with E-state index in [0.717, 1.165) is 58.4 Å². The highest BCUT2D eigenvalue weighted by Gasteiger charge is 2.38. The summed E-state index contributed by atoms with van der Waals surface area (Å²) in [6, 6.07) is 9.49. The molecule has 0 saturated carbocycles. The number of nitrogens with zero attached hydrogens (tertiary/aromatic N) is 4. The van der Waals surface area contributed by atoms with Crippen molar-refractivity contribution in [1.29, 1.82) is 0 Å². The van der Waals surface area contributed by atoms with Crippen LogP contribution in [-0.4, -0.2) is 50.9 Å². The Morgan fingerprint density at radius 1 is 1.11 bits per heavy atom. The van der Waals surface area contributed by atoms with E-state index >= 15 is 0 Å². The van der Waals surface area contributed by atoms with Crippen LogP contribution in [0.3, 0.4) is 0 Å². The Hall–Kier alpha value is -2.14. The second-order valence-corrected chi connectivity index (χ2v) is 8.30. The van der Waals surface area contributed by atoms with Crippen LogP contribution >= 0.6 is 0 Å². The van der Waals surface area contributed by atoms with Gasteiger partial charge < -0.3 is 9.47 Å². The lowest BCUT2D eigenvalue weighted by molar-refractivity contribution is -0.141. The van der Waals surface area contributed by atoms with Gasteiger partial charge >= 0.3 is 0 Å². The second-order valence-electron chi connectivity index (χ2n) is 8.30. The fourth-order valence-corrected chi connectivity index (χ4v) is 4.84. The third-order valence-electron chi connectivity index (χ3n) is 6.44. The molecule has 2 aliphatic rings. The third kappa shape index (κ3) is 4.46. The molecule has 1 aromatic carbocycles. The van der Waals surface area contributed by atoms with Crippen molar-refractivity contribution in [3.63, 3.8) is 0 Å². The van der Waals surface area contributed by atoms with E-state index in [0.29, 0.717) is 24.3 Å². The van der Waals surface area contributed by atoms with Gasteiger partial charge in [-0.15, -0.1) is 0 Å². The van der Waals surface area contributed by atoms with Gasteiger partial charge in [0.15, 0.2) is 0 Å². The van der Waals surface area contributed by atoms with Crippen LogP contribution in [0.15, 0.2) is 43.0 Å². The first-order valence-electron chi connectivity index (χ1n) is 10.8. The van der Waals surface area contributed by atoms with Crippen LogP contribution in [-0.2, 0) is 24.3 Å². The van der Waals surface area contributed by atoms with E-state index in [2.05, 4.69) is 50.5 Å². The number of likely N-dealkylation sites (tertiary alicyclic amines) is 2. The largest absolute Gasteiger partial charge is 0.339 e. The molecule has 0 N–H and O–H groups in total. The Bertz CT molecular complexity index is 755. The molecule has 0 unspecified atom stereocenters. The van der Waals surface area contributed by atoms with E-state index in [1.54, 1.807) is 0 Å². The molecular weight excluding hydrogens is 348 g/mol. The number of imidazole rings is 1. The lowest BCUT2D eigenvalue weighted by Gasteiger charge is -2.47. The summed E-state index contributed by atoms with van der Waals surface area (Å²) >= 11 is 0. The van der Waals surface area contributed by atoms with Crippen molar-refractivity contribution in [3.8, 4) is 0 Å². The quantitative estimate of drug-likeness (QED) is 0.740. The summed E-state index contributed by atoms with van der Waals surface area (Å²) < 4.78 is 2.10. The Morgan fingerprint density at radius 2 is 1.93 bits per heavy atom. The van der Waals surface area contributed by atoms with Crippen molar-refractivity contribution < 1.29 is 4.79 Å². The van der Waals surface area contributed by atoms with Crippen LogP contribution in [0.25, 0.3) is 0 Å². The van der Waals surface area contributed by atoms with Crippen LogP contribution in [0, 0.1) is 5.92 Å². The molecule has 2 atom stereocenters. The first-order chi connectivity index (χ1) is 13.7. The average molecular weight is 381 g/mol. The molecule has 2 aliphatic heterocycles. The first kappa shape index (κ1) is 19.2. The molecule has 4 rings (SSSR count). The number of aromatic nitrogens is 2. The van der Waals surface area contributed by atoms with Gasteiger partial charge in [-0.25, -0.2) is 4.98 Å². The molecule has 0 bridgehead atoms. The Balaban J connectivity index is 1.31. The smallest absolute Gasteiger partial charge is 0.222 e. The highest BCUT2D eigenvalue weighted by molar-refractivity contribution is 5.77. The third-order valence-corrected chi connectivity index (χ3v) is 6.44. The van der Waals surface area contributed by atoms with Crippen molar-refractivity contribution in [2.45, 2.75) is 58.2 Å². The maximum absolute atomic E-state index is 12.6. The van der Waals surface area contributed by atoms with Crippen LogP contribution in [0.4, 0.5) is 0 Å². The van der Waals surface area contributed by atoms with Gasteiger partial charge in [-0.3, -0.25) is 9.69 Å². The van der Waals surface area contributed by atoms with Crippen molar-refractivity contribution in [1.82, 2.24) is 19.4 Å². The standard InChI is InChI=1S/C23H32N4O/c1-2-19-4-6-20(7-5-19)16-26-14-10-22-21(17-26)8-9-23(28)27(22)13-3-12-25-15-11-24-18-25/h4-7,11,15,18,21-22H,2-3,8-10,12-14,16-17H2,1H3/t21-,22+/m1/s1. The second kappa shape index (κ2) is 8.91. The zero-order chi connectivity index (χ0) is 19.3. The van der Waals surface area contributed by atoms with Gasteiger partial charge in [0.25, 0.3) is 0 Å². The lowest BCUT2D eigenvalue weighted by Crippen LogP contribution is -2.56. The van der Waals surface area contributed by atoms with E-state index in [1.165, 1.54) is 11.1 Å². The average Bonchev–Trinajstić information content (AvgIpc) is 3.24. The van der Waals surface area contributed by atoms with E-state index in [-0.39, 0.29) is 0 Å². The molecule has 2 saturated heterocycles. The Morgan fingerprint density at radius 3 is 2.68 bits per heavy atom. The minimum absolute atomic E-state index is 0.357. The number of amides is 1. The Labute approximate surface area is 168 Å². The Kier molecular flexibility index (Phi) is 6.10. The van der Waals surface area contributed by atoms with E-state index < -0.39 is 0 Å². The van der Waals surface area contributed by atoms with Gasteiger partial charge in [0.1, 0.15) is 0 Å². The van der Waals surface area contributed by atoms with Crippen LogP contribution in [0.5, 0.6) is 0 Å². The maximum atomic E-state index is 12.6. The number of hydrogen-bond donors (Lipinski definition) is 0. The summed E-state index contributed by atoms with van der Waals surface area (Å²) in [4.78, 5) is 21.4. The molecule has 28 heavy (non-hydrogen) atoms. The van der Waals surface area contributed by atoms with Gasteiger partial charge in [0.2, 0.25) is 5.91 Å². The number of hydrogen-bond acceptors (Lipinski definition) is 3. The topological polar surface area (TPSA) is 41.4 Å². The number of carbonyl (C=O) groups excluding carboxylic acids is 1. The summed E-state index contributed by atoms with van der Waals surface area (Å²) in [5.41, 5.74) is 2.80. The number of benzene rings is 1. The van der Waals surface area contributed by atoms with Gasteiger partial charge in [-0.05, 0) is 42.7 Å². The molecular formula is C23H32N4O. The molecule has 150 valence electrons. The van der Waals surface area contributed by atoms with Crippen molar-refractivity contribution in [3.05, 3.63) is 54.1 Å². The zero-order valence-corrected chi connectivity index (χ0v) is 17.0. The summed E-state index contributed by atoms with van der Waals surface area (Å²) in [5, 5.41) is 0. The number of carbonyl (C=O) groups is 1. The fraction of sp³-hybridized carbons (Fsp3) is 0.565. The van der Waals surface area contributed by atoms with Crippen LogP contribution in [0.2, 0.25) is 0 Å². The van der Waals surface area contributed by atoms with E-state index in [9.17, 15) is 4.79 Å². The molecule has 0 aliphatic carbocycles. The fourth-order valence-electron chi connectivity index (χ4n) is 4.84. The minimum Gasteiger partial charge on any atom is -0.339 e. The summed E-state index contributed by atoms with van der Waals surface area (Å²) in [7, 11) is 0. The molecule has 2 fully saturated rings. The van der Waals surface area contributed by atoms with Gasteiger partial charge in [0, 0.05) is 57.6 Å². The molecule has 5 heteroatoms. The van der Waals surface area contributed by atoms with Gasteiger partial charge in [-0.1, -0.05) is 31.2 Å². The molecule has 3 heterocycles.